The third-order valence-corrected chi connectivity index (χ3v) is 9.76. The van der Waals surface area contributed by atoms with E-state index in [9.17, 15) is 19.4 Å². The molecule has 0 rings (SSSR count). The Balaban J connectivity index is 4.48. The van der Waals surface area contributed by atoms with Crippen molar-refractivity contribution >= 4 is 13.7 Å². The number of carbonyl (C=O) groups excluding carboxylic acids is 1. The molecule has 9 heteroatoms. The third-order valence-electron chi connectivity index (χ3n) is 8.79. The van der Waals surface area contributed by atoms with Gasteiger partial charge in [-0.25, -0.2) is 0 Å². The lowest BCUT2D eigenvalue weighted by molar-refractivity contribution is -0.870. The van der Waals surface area contributed by atoms with E-state index < -0.39 is 20.0 Å². The molecule has 3 atom stereocenters. The molecular weight excluding hydrogens is 659 g/mol. The summed E-state index contributed by atoms with van der Waals surface area (Å²) in [5.41, 5.74) is 0. The number of aliphatic hydroxyl groups excluding tert-OH is 1. The summed E-state index contributed by atoms with van der Waals surface area (Å²) in [6, 6.07) is -0.890. The Morgan fingerprint density at radius 3 is 1.75 bits per heavy atom. The first-order chi connectivity index (χ1) is 24.5. The van der Waals surface area contributed by atoms with Crippen LogP contribution in [0.1, 0.15) is 162 Å². The molecule has 0 aliphatic carbocycles. The number of hydrogen-bond donors (Lipinski definition) is 2. The van der Waals surface area contributed by atoms with Crippen LogP contribution in [0.3, 0.4) is 0 Å². The summed E-state index contributed by atoms with van der Waals surface area (Å²) in [6.45, 7) is 4.50. The van der Waals surface area contributed by atoms with Crippen molar-refractivity contribution in [3.8, 4) is 0 Å². The van der Waals surface area contributed by atoms with Crippen LogP contribution in [0.5, 0.6) is 0 Å². The number of rotatable bonds is 36. The number of nitrogens with zero attached hydrogens (tertiary/aromatic N) is 1. The van der Waals surface area contributed by atoms with Crippen LogP contribution in [0.2, 0.25) is 0 Å². The van der Waals surface area contributed by atoms with Crippen LogP contribution in [0.4, 0.5) is 0 Å². The van der Waals surface area contributed by atoms with Gasteiger partial charge in [0.05, 0.1) is 39.9 Å². The second-order valence-electron chi connectivity index (χ2n) is 15.0. The van der Waals surface area contributed by atoms with Gasteiger partial charge in [-0.15, -0.1) is 0 Å². The number of allylic oxidation sites excluding steroid dienone is 7. The number of quaternary nitrogens is 1. The highest BCUT2D eigenvalue weighted by atomic mass is 31.2. The van der Waals surface area contributed by atoms with E-state index >= 15 is 0 Å². The monoisotopic (exact) mass is 739 g/mol. The Kier molecular flexibility index (Phi) is 33.2. The normalized spacial score (nSPS) is 15.0. The van der Waals surface area contributed by atoms with Crippen molar-refractivity contribution in [2.24, 2.45) is 0 Å². The Labute approximate surface area is 314 Å². The molecule has 0 spiro atoms. The fourth-order valence-electron chi connectivity index (χ4n) is 5.52. The van der Waals surface area contributed by atoms with Crippen LogP contribution in [0.25, 0.3) is 0 Å². The van der Waals surface area contributed by atoms with Crippen molar-refractivity contribution in [3.63, 3.8) is 0 Å². The molecule has 8 nitrogen and oxygen atoms in total. The number of phosphoric ester groups is 1. The summed E-state index contributed by atoms with van der Waals surface area (Å²) in [5, 5.41) is 13.7. The Bertz CT molecular complexity index is 975. The van der Waals surface area contributed by atoms with Gasteiger partial charge in [0.25, 0.3) is 7.82 Å². The zero-order chi connectivity index (χ0) is 37.9. The molecule has 0 aliphatic heterocycles. The standard InChI is InChI=1S/C42H79N2O6P/c1-6-8-10-12-14-16-18-20-21-22-23-24-26-28-30-32-34-36-42(46)43-40(39-50-51(47,48)49-38-37-44(3,4)5)41(45)35-33-31-29-27-25-19-17-15-13-11-9-7-2/h8,10,14,16,20-21,33,35,40-41,45H,6-7,9,11-13,15,17-19,22-32,34,36-39H2,1-5H3,(H-,43,46,47,48)/b10-8-,16-14-,21-20-,35-33+. The molecule has 2 N–H and O–H groups in total. The summed E-state index contributed by atoms with van der Waals surface area (Å²) < 4.78 is 23.1. The van der Waals surface area contributed by atoms with Crippen LogP contribution in [-0.2, 0) is 18.4 Å². The molecule has 3 unspecified atom stereocenters. The maximum atomic E-state index is 12.8. The minimum absolute atomic E-state index is 0.00485. The van der Waals surface area contributed by atoms with Gasteiger partial charge >= 0.3 is 0 Å². The summed E-state index contributed by atoms with van der Waals surface area (Å²) in [5.74, 6) is -0.212. The highest BCUT2D eigenvalue weighted by Gasteiger charge is 2.23. The van der Waals surface area contributed by atoms with Gasteiger partial charge in [0.15, 0.2) is 0 Å². The van der Waals surface area contributed by atoms with Crippen molar-refractivity contribution in [1.29, 1.82) is 0 Å². The molecule has 0 fully saturated rings. The molecule has 0 aromatic carbocycles. The molecule has 0 saturated heterocycles. The molecule has 0 radical (unpaired) electrons. The maximum Gasteiger partial charge on any atom is 0.268 e. The van der Waals surface area contributed by atoms with Crippen LogP contribution < -0.4 is 10.2 Å². The van der Waals surface area contributed by atoms with E-state index in [1.54, 1.807) is 6.08 Å². The average Bonchev–Trinajstić information content (AvgIpc) is 3.07. The van der Waals surface area contributed by atoms with Gasteiger partial charge in [-0.3, -0.25) is 9.36 Å². The Morgan fingerprint density at radius 1 is 0.706 bits per heavy atom. The summed E-state index contributed by atoms with van der Waals surface area (Å²) in [6.07, 6.45) is 41.5. The zero-order valence-electron chi connectivity index (χ0n) is 33.5. The lowest BCUT2D eigenvalue weighted by atomic mass is 10.1. The van der Waals surface area contributed by atoms with E-state index in [4.69, 9.17) is 9.05 Å². The minimum Gasteiger partial charge on any atom is -0.756 e. The lowest BCUT2D eigenvalue weighted by Crippen LogP contribution is -2.45. The van der Waals surface area contributed by atoms with E-state index in [-0.39, 0.29) is 19.1 Å². The molecule has 51 heavy (non-hydrogen) atoms. The summed E-state index contributed by atoms with van der Waals surface area (Å²) in [7, 11) is 1.24. The largest absolute Gasteiger partial charge is 0.756 e. The number of amides is 1. The Hall–Kier alpha value is -1.54. The lowest BCUT2D eigenvalue weighted by Gasteiger charge is -2.29. The number of nitrogens with one attached hydrogen (secondary N) is 1. The van der Waals surface area contributed by atoms with Gasteiger partial charge in [-0.2, -0.15) is 0 Å². The third kappa shape index (κ3) is 36.6. The number of carbonyl (C=O) groups is 1. The number of hydrogen-bond acceptors (Lipinski definition) is 6. The molecule has 0 aliphatic rings. The minimum atomic E-state index is -4.58. The molecule has 0 aromatic heterocycles. The first-order valence-corrected chi connectivity index (χ1v) is 22.0. The maximum absolute atomic E-state index is 12.8. The quantitative estimate of drug-likeness (QED) is 0.0287. The van der Waals surface area contributed by atoms with Crippen LogP contribution in [0.15, 0.2) is 48.6 Å². The zero-order valence-corrected chi connectivity index (χ0v) is 34.4. The summed E-state index contributed by atoms with van der Waals surface area (Å²) >= 11 is 0. The average molecular weight is 739 g/mol. The Morgan fingerprint density at radius 2 is 1.20 bits per heavy atom. The van der Waals surface area contributed by atoms with Crippen molar-refractivity contribution in [2.45, 2.75) is 174 Å². The predicted molar refractivity (Wildman–Crippen MR) is 214 cm³/mol. The van der Waals surface area contributed by atoms with Crippen molar-refractivity contribution < 1.29 is 32.9 Å². The topological polar surface area (TPSA) is 108 Å². The first kappa shape index (κ1) is 49.5. The number of unbranched alkanes of at least 4 members (excludes halogenated alkanes) is 17. The smallest absolute Gasteiger partial charge is 0.268 e. The second-order valence-corrected chi connectivity index (χ2v) is 16.4. The second kappa shape index (κ2) is 34.2. The predicted octanol–water partition coefficient (Wildman–Crippen LogP) is 10.3. The van der Waals surface area contributed by atoms with Gasteiger partial charge in [-0.1, -0.05) is 152 Å². The van der Waals surface area contributed by atoms with Gasteiger partial charge in [0.1, 0.15) is 13.2 Å². The van der Waals surface area contributed by atoms with Gasteiger partial charge in [0, 0.05) is 6.42 Å². The molecule has 0 heterocycles. The van der Waals surface area contributed by atoms with Crippen molar-refractivity contribution in [2.75, 3.05) is 40.9 Å². The first-order valence-electron chi connectivity index (χ1n) is 20.5. The molecule has 0 aromatic rings. The molecule has 0 bridgehead atoms. The van der Waals surface area contributed by atoms with Crippen LogP contribution in [-0.4, -0.2) is 68.5 Å². The van der Waals surface area contributed by atoms with Gasteiger partial charge in [-0.05, 0) is 51.4 Å². The molecule has 0 saturated carbocycles. The van der Waals surface area contributed by atoms with E-state index in [1.807, 2.05) is 27.2 Å². The highest BCUT2D eigenvalue weighted by molar-refractivity contribution is 7.45. The van der Waals surface area contributed by atoms with Crippen LogP contribution >= 0.6 is 7.82 Å². The number of aliphatic hydroxyl groups is 1. The fourth-order valence-corrected chi connectivity index (χ4v) is 6.24. The van der Waals surface area contributed by atoms with Crippen molar-refractivity contribution in [1.82, 2.24) is 5.32 Å². The highest BCUT2D eigenvalue weighted by Crippen LogP contribution is 2.38. The van der Waals surface area contributed by atoms with E-state index in [1.165, 1.54) is 70.6 Å². The van der Waals surface area contributed by atoms with Crippen molar-refractivity contribution in [3.05, 3.63) is 48.6 Å². The number of likely N-dealkylation sites (N-methyl/N-ethyl adjacent to an activating group) is 1. The van der Waals surface area contributed by atoms with Crippen LogP contribution in [0, 0.1) is 0 Å². The molecule has 298 valence electrons. The van der Waals surface area contributed by atoms with Gasteiger partial charge in [0.2, 0.25) is 5.91 Å². The SMILES string of the molecule is CC/C=C\C/C=C\C/C=C\CCCCCCCCCC(=O)NC(COP(=O)([O-])OCC[N+](C)(C)C)C(O)/C=C/CCCCCCCCCCCC. The number of phosphoric acid groups is 1. The molecule has 1 amide bonds. The van der Waals surface area contributed by atoms with E-state index in [0.717, 1.165) is 70.6 Å². The van der Waals surface area contributed by atoms with E-state index in [0.29, 0.717) is 17.4 Å². The van der Waals surface area contributed by atoms with E-state index in [2.05, 4.69) is 55.6 Å². The fraction of sp³-hybridized carbons (Fsp3) is 0.786. The summed E-state index contributed by atoms with van der Waals surface area (Å²) in [4.78, 5) is 25.2. The van der Waals surface area contributed by atoms with Gasteiger partial charge < -0.3 is 28.8 Å². The molecular formula is C42H79N2O6P.